The summed E-state index contributed by atoms with van der Waals surface area (Å²) >= 11 is 0. The van der Waals surface area contributed by atoms with E-state index in [4.69, 9.17) is 0 Å². The summed E-state index contributed by atoms with van der Waals surface area (Å²) < 4.78 is 0. The Labute approximate surface area is 131 Å². The average molecular weight is 302 g/mol. The fraction of sp³-hybridized carbons (Fsp3) is 1.00. The fourth-order valence-corrected chi connectivity index (χ4v) is 2.58. The minimum atomic E-state index is -2.56. The van der Waals surface area contributed by atoms with Crippen molar-refractivity contribution >= 4 is 0 Å². The van der Waals surface area contributed by atoms with Gasteiger partial charge < -0.3 is 15.3 Å². The van der Waals surface area contributed by atoms with E-state index >= 15 is 0 Å². The van der Waals surface area contributed by atoms with E-state index in [0.29, 0.717) is 6.42 Å². The summed E-state index contributed by atoms with van der Waals surface area (Å²) in [5.74, 6) is -2.56. The van der Waals surface area contributed by atoms with Crippen LogP contribution in [0, 0.1) is 5.41 Å². The van der Waals surface area contributed by atoms with Gasteiger partial charge in [0.15, 0.2) is 0 Å². The van der Waals surface area contributed by atoms with Crippen molar-refractivity contribution in [3.05, 3.63) is 0 Å². The van der Waals surface area contributed by atoms with Crippen LogP contribution in [-0.2, 0) is 0 Å². The summed E-state index contributed by atoms with van der Waals surface area (Å²) in [5.41, 5.74) is -0.856. The molecule has 0 saturated heterocycles. The summed E-state index contributed by atoms with van der Waals surface area (Å²) in [6.07, 6.45) is 16.1. The highest BCUT2D eigenvalue weighted by atomic mass is 16.7. The zero-order chi connectivity index (χ0) is 16.2. The summed E-state index contributed by atoms with van der Waals surface area (Å²) in [6, 6.07) is 0. The molecule has 0 fully saturated rings. The van der Waals surface area contributed by atoms with Crippen LogP contribution in [0.3, 0.4) is 0 Å². The lowest BCUT2D eigenvalue weighted by atomic mass is 9.84. The van der Waals surface area contributed by atoms with E-state index in [0.717, 1.165) is 12.8 Å². The van der Waals surface area contributed by atoms with Gasteiger partial charge in [-0.25, -0.2) is 0 Å². The molecule has 0 aliphatic heterocycles. The first kappa shape index (κ1) is 20.9. The molecule has 0 radical (unpaired) electrons. The second-order valence-corrected chi connectivity index (χ2v) is 7.16. The van der Waals surface area contributed by atoms with E-state index in [-0.39, 0.29) is 0 Å². The molecule has 0 atom stereocenters. The lowest BCUT2D eigenvalue weighted by Crippen LogP contribution is -2.44. The molecule has 0 amide bonds. The maximum atomic E-state index is 9.23. The van der Waals surface area contributed by atoms with Crippen LogP contribution in [-0.4, -0.2) is 21.3 Å². The molecular weight excluding hydrogens is 264 g/mol. The van der Waals surface area contributed by atoms with Crippen LogP contribution in [0.15, 0.2) is 0 Å². The Morgan fingerprint density at radius 3 is 1.24 bits per heavy atom. The lowest BCUT2D eigenvalue weighted by Gasteiger charge is -2.33. The maximum absolute atomic E-state index is 9.23. The predicted octanol–water partition coefficient (Wildman–Crippen LogP) is 4.73. The second kappa shape index (κ2) is 11.4. The molecule has 0 aliphatic rings. The summed E-state index contributed by atoms with van der Waals surface area (Å²) in [7, 11) is 0. The van der Waals surface area contributed by atoms with Crippen LogP contribution < -0.4 is 0 Å². The molecule has 0 aromatic rings. The molecular formula is C18H38O3. The standard InChI is InChI=1S/C18H38O3/c1-4-5-6-7-8-9-10-11-12-13-14-15-16-17(2,3)18(19,20)21/h19-21H,4-16H2,1-3H3. The Kier molecular flexibility index (Phi) is 11.4. The first-order valence-electron chi connectivity index (χ1n) is 8.98. The van der Waals surface area contributed by atoms with Gasteiger partial charge in [0.1, 0.15) is 0 Å². The number of unbranched alkanes of at least 4 members (excludes halogenated alkanes) is 11. The van der Waals surface area contributed by atoms with E-state index in [9.17, 15) is 15.3 Å². The number of hydrogen-bond donors (Lipinski definition) is 3. The first-order valence-corrected chi connectivity index (χ1v) is 8.98. The fourth-order valence-electron chi connectivity index (χ4n) is 2.58. The molecule has 21 heavy (non-hydrogen) atoms. The van der Waals surface area contributed by atoms with Crippen LogP contribution in [0.25, 0.3) is 0 Å². The summed E-state index contributed by atoms with van der Waals surface area (Å²) in [6.45, 7) is 5.62. The monoisotopic (exact) mass is 302 g/mol. The smallest absolute Gasteiger partial charge is 0.280 e. The van der Waals surface area contributed by atoms with Crippen molar-refractivity contribution in [1.29, 1.82) is 0 Å². The Morgan fingerprint density at radius 2 is 0.905 bits per heavy atom. The highest BCUT2D eigenvalue weighted by Gasteiger charge is 2.39. The molecule has 3 heteroatoms. The Bertz CT molecular complexity index is 231. The maximum Gasteiger partial charge on any atom is 0.280 e. The minimum Gasteiger partial charge on any atom is -0.343 e. The Hall–Kier alpha value is -0.120. The quantitative estimate of drug-likeness (QED) is 0.321. The van der Waals surface area contributed by atoms with E-state index < -0.39 is 11.4 Å². The zero-order valence-corrected chi connectivity index (χ0v) is 14.5. The molecule has 3 N–H and O–H groups in total. The summed E-state index contributed by atoms with van der Waals surface area (Å²) in [4.78, 5) is 0. The van der Waals surface area contributed by atoms with Crippen LogP contribution >= 0.6 is 0 Å². The molecule has 0 heterocycles. The van der Waals surface area contributed by atoms with Gasteiger partial charge in [-0.1, -0.05) is 97.8 Å². The van der Waals surface area contributed by atoms with Crippen LogP contribution in [0.5, 0.6) is 0 Å². The van der Waals surface area contributed by atoms with Gasteiger partial charge in [-0.2, -0.15) is 0 Å². The minimum absolute atomic E-state index is 0.633. The van der Waals surface area contributed by atoms with E-state index in [1.165, 1.54) is 64.2 Å². The Balaban J connectivity index is 3.30. The third kappa shape index (κ3) is 11.1. The zero-order valence-electron chi connectivity index (χ0n) is 14.5. The highest BCUT2D eigenvalue weighted by Crippen LogP contribution is 2.32. The predicted molar refractivity (Wildman–Crippen MR) is 88.9 cm³/mol. The topological polar surface area (TPSA) is 60.7 Å². The lowest BCUT2D eigenvalue weighted by molar-refractivity contribution is -0.368. The number of rotatable bonds is 14. The third-order valence-corrected chi connectivity index (χ3v) is 4.56. The van der Waals surface area contributed by atoms with Gasteiger partial charge in [-0.15, -0.1) is 0 Å². The van der Waals surface area contributed by atoms with Gasteiger partial charge in [0, 0.05) is 5.41 Å². The number of aliphatic hydroxyl groups is 3. The van der Waals surface area contributed by atoms with Crippen molar-refractivity contribution in [1.82, 2.24) is 0 Å². The molecule has 0 bridgehead atoms. The first-order chi connectivity index (χ1) is 9.81. The van der Waals surface area contributed by atoms with Gasteiger partial charge in [-0.3, -0.25) is 0 Å². The highest BCUT2D eigenvalue weighted by molar-refractivity contribution is 4.75. The summed E-state index contributed by atoms with van der Waals surface area (Å²) in [5, 5.41) is 27.7. The Morgan fingerprint density at radius 1 is 0.571 bits per heavy atom. The van der Waals surface area contributed by atoms with Crippen LogP contribution in [0.4, 0.5) is 0 Å². The van der Waals surface area contributed by atoms with Gasteiger partial charge in [0.25, 0.3) is 5.97 Å². The molecule has 0 rings (SSSR count). The van der Waals surface area contributed by atoms with Gasteiger partial charge in [-0.05, 0) is 6.42 Å². The van der Waals surface area contributed by atoms with Gasteiger partial charge in [0.05, 0.1) is 0 Å². The largest absolute Gasteiger partial charge is 0.343 e. The second-order valence-electron chi connectivity index (χ2n) is 7.16. The van der Waals surface area contributed by atoms with Crippen LogP contribution in [0.2, 0.25) is 0 Å². The van der Waals surface area contributed by atoms with Crippen molar-refractivity contribution in [2.24, 2.45) is 5.41 Å². The normalized spacial score (nSPS) is 12.9. The number of hydrogen-bond acceptors (Lipinski definition) is 3. The third-order valence-electron chi connectivity index (χ3n) is 4.56. The molecule has 128 valence electrons. The average Bonchev–Trinajstić information content (AvgIpc) is 2.38. The van der Waals surface area contributed by atoms with E-state index in [1.54, 1.807) is 13.8 Å². The van der Waals surface area contributed by atoms with Gasteiger partial charge >= 0.3 is 0 Å². The molecule has 0 saturated carbocycles. The molecule has 0 aliphatic carbocycles. The van der Waals surface area contributed by atoms with E-state index in [1.807, 2.05) is 0 Å². The van der Waals surface area contributed by atoms with Crippen molar-refractivity contribution < 1.29 is 15.3 Å². The van der Waals surface area contributed by atoms with Gasteiger partial charge in [0.2, 0.25) is 0 Å². The molecule has 0 aromatic heterocycles. The molecule has 0 unspecified atom stereocenters. The van der Waals surface area contributed by atoms with Crippen molar-refractivity contribution in [3.63, 3.8) is 0 Å². The van der Waals surface area contributed by atoms with E-state index in [2.05, 4.69) is 6.92 Å². The molecule has 0 aromatic carbocycles. The SMILES string of the molecule is CCCCCCCCCCCCCCC(C)(C)C(O)(O)O. The van der Waals surface area contributed by atoms with Crippen molar-refractivity contribution in [2.75, 3.05) is 0 Å². The van der Waals surface area contributed by atoms with Crippen molar-refractivity contribution in [3.8, 4) is 0 Å². The molecule has 3 nitrogen and oxygen atoms in total. The van der Waals surface area contributed by atoms with Crippen LogP contribution in [0.1, 0.15) is 104 Å². The van der Waals surface area contributed by atoms with Crippen molar-refractivity contribution in [2.45, 2.75) is 110 Å². The molecule has 0 spiro atoms.